The van der Waals surface area contributed by atoms with Crippen molar-refractivity contribution in [3.63, 3.8) is 0 Å². The van der Waals surface area contributed by atoms with E-state index in [-0.39, 0.29) is 6.29 Å². The summed E-state index contributed by atoms with van der Waals surface area (Å²) in [4.78, 5) is 2.43. The molecule has 0 radical (unpaired) electrons. The van der Waals surface area contributed by atoms with Crippen molar-refractivity contribution in [1.29, 1.82) is 0 Å². The van der Waals surface area contributed by atoms with E-state index in [9.17, 15) is 0 Å². The highest BCUT2D eigenvalue weighted by molar-refractivity contribution is 5.05. The number of rotatable bonds is 5. The van der Waals surface area contributed by atoms with Crippen molar-refractivity contribution in [1.82, 2.24) is 19.7 Å². The Balaban J connectivity index is 1.77. The number of likely N-dealkylation sites (tertiary alicyclic amines) is 1. The van der Waals surface area contributed by atoms with Crippen molar-refractivity contribution in [2.75, 3.05) is 27.3 Å². The molecule has 0 aliphatic carbocycles. The number of ether oxygens (including phenoxy) is 2. The Labute approximate surface area is 126 Å². The third kappa shape index (κ3) is 3.12. The van der Waals surface area contributed by atoms with E-state index in [1.165, 1.54) is 31.5 Å². The molecule has 6 heteroatoms. The minimum absolute atomic E-state index is 0.169. The summed E-state index contributed by atoms with van der Waals surface area (Å²) in [5, 5.41) is 8.96. The summed E-state index contributed by atoms with van der Waals surface area (Å²) in [6.45, 7) is 2.94. The Morgan fingerprint density at radius 1 is 1.10 bits per heavy atom. The molecule has 1 atom stereocenters. The maximum absolute atomic E-state index is 5.35. The molecule has 118 valence electrons. The average molecular weight is 294 g/mol. The molecule has 6 nitrogen and oxygen atoms in total. The first-order valence-corrected chi connectivity index (χ1v) is 8.05. The number of hydrogen-bond donors (Lipinski definition) is 0. The monoisotopic (exact) mass is 294 g/mol. The normalized spacial score (nSPS) is 23.5. The van der Waals surface area contributed by atoms with Crippen molar-refractivity contribution >= 4 is 0 Å². The van der Waals surface area contributed by atoms with Crippen molar-refractivity contribution in [3.05, 3.63) is 11.6 Å². The first-order chi connectivity index (χ1) is 10.3. The summed E-state index contributed by atoms with van der Waals surface area (Å²) in [6.07, 6.45) is 7.03. The van der Waals surface area contributed by atoms with E-state index >= 15 is 0 Å². The van der Waals surface area contributed by atoms with Crippen LogP contribution in [-0.4, -0.2) is 53.3 Å². The topological polar surface area (TPSA) is 52.4 Å². The van der Waals surface area contributed by atoms with Crippen LogP contribution in [0.1, 0.15) is 49.8 Å². The lowest BCUT2D eigenvalue weighted by molar-refractivity contribution is -0.118. The Morgan fingerprint density at radius 2 is 1.95 bits per heavy atom. The van der Waals surface area contributed by atoms with Gasteiger partial charge in [0.1, 0.15) is 11.6 Å². The number of fused-ring (bicyclic) bond motifs is 1. The van der Waals surface area contributed by atoms with Gasteiger partial charge in [-0.3, -0.25) is 4.90 Å². The van der Waals surface area contributed by atoms with E-state index in [0.29, 0.717) is 6.04 Å². The van der Waals surface area contributed by atoms with Gasteiger partial charge in [0.05, 0.1) is 12.6 Å². The Hall–Kier alpha value is -0.980. The van der Waals surface area contributed by atoms with Crippen molar-refractivity contribution < 1.29 is 9.47 Å². The van der Waals surface area contributed by atoms with Gasteiger partial charge in [-0.25, -0.2) is 0 Å². The van der Waals surface area contributed by atoms with E-state index in [1.807, 2.05) is 0 Å². The minimum Gasteiger partial charge on any atom is -0.355 e. The molecule has 0 N–H and O–H groups in total. The molecule has 1 aromatic rings. The quantitative estimate of drug-likeness (QED) is 0.775. The van der Waals surface area contributed by atoms with Gasteiger partial charge < -0.3 is 14.0 Å². The highest BCUT2D eigenvalue weighted by atomic mass is 16.7. The standard InChI is InChI=1S/C15H26N4O2/c1-20-14(21-2)11-18-9-6-7-12(18)15-17-16-13-8-4-3-5-10-19(13)15/h12,14H,3-11H2,1-2H3/t12-/m1/s1. The molecule has 0 aromatic carbocycles. The molecular formula is C15H26N4O2. The maximum Gasteiger partial charge on any atom is 0.169 e. The molecule has 1 fully saturated rings. The molecule has 1 saturated heterocycles. The number of methoxy groups -OCH3 is 2. The van der Waals surface area contributed by atoms with Crippen LogP contribution in [0.25, 0.3) is 0 Å². The van der Waals surface area contributed by atoms with Crippen LogP contribution in [0.2, 0.25) is 0 Å². The maximum atomic E-state index is 5.35. The Kier molecular flexibility index (Phi) is 4.87. The third-order valence-corrected chi connectivity index (χ3v) is 4.71. The van der Waals surface area contributed by atoms with Gasteiger partial charge in [-0.1, -0.05) is 6.42 Å². The van der Waals surface area contributed by atoms with Crippen LogP contribution in [0.4, 0.5) is 0 Å². The Bertz CT molecular complexity index is 459. The molecule has 0 bridgehead atoms. The zero-order chi connectivity index (χ0) is 14.7. The molecule has 1 aromatic heterocycles. The van der Waals surface area contributed by atoms with Crippen molar-refractivity contribution in [3.8, 4) is 0 Å². The van der Waals surface area contributed by atoms with E-state index in [4.69, 9.17) is 9.47 Å². The van der Waals surface area contributed by atoms with Gasteiger partial charge in [0.15, 0.2) is 6.29 Å². The molecule has 0 spiro atoms. The molecule has 3 rings (SSSR count). The molecule has 0 amide bonds. The largest absolute Gasteiger partial charge is 0.355 e. The predicted octanol–water partition coefficient (Wildman–Crippen LogP) is 1.76. The van der Waals surface area contributed by atoms with E-state index in [0.717, 1.165) is 38.3 Å². The van der Waals surface area contributed by atoms with Gasteiger partial charge in [-0.05, 0) is 32.2 Å². The summed E-state index contributed by atoms with van der Waals surface area (Å²) in [7, 11) is 3.39. The minimum atomic E-state index is -0.169. The van der Waals surface area contributed by atoms with E-state index in [2.05, 4.69) is 19.7 Å². The highest BCUT2D eigenvalue weighted by Gasteiger charge is 2.32. The lowest BCUT2D eigenvalue weighted by atomic mass is 10.2. The summed E-state index contributed by atoms with van der Waals surface area (Å²) in [5.41, 5.74) is 0. The fourth-order valence-corrected chi connectivity index (χ4v) is 3.53. The molecular weight excluding hydrogens is 268 g/mol. The van der Waals surface area contributed by atoms with Gasteiger partial charge >= 0.3 is 0 Å². The fraction of sp³-hybridized carbons (Fsp3) is 0.867. The van der Waals surface area contributed by atoms with Crippen LogP contribution in [0, 0.1) is 0 Å². The van der Waals surface area contributed by atoms with Gasteiger partial charge in [-0.15, -0.1) is 10.2 Å². The molecule has 0 unspecified atom stereocenters. The smallest absolute Gasteiger partial charge is 0.169 e. The lowest BCUT2D eigenvalue weighted by Crippen LogP contribution is -2.35. The SMILES string of the molecule is COC(CN1CCC[C@@H]1c1nnc2n1CCCCC2)OC. The number of aryl methyl sites for hydroxylation is 1. The zero-order valence-corrected chi connectivity index (χ0v) is 13.1. The van der Waals surface area contributed by atoms with Crippen LogP contribution < -0.4 is 0 Å². The highest BCUT2D eigenvalue weighted by Crippen LogP contribution is 2.32. The molecule has 2 aliphatic rings. The van der Waals surface area contributed by atoms with Gasteiger partial charge in [0, 0.05) is 27.2 Å². The number of aromatic nitrogens is 3. The number of hydrogen-bond acceptors (Lipinski definition) is 5. The summed E-state index contributed by atoms with van der Waals surface area (Å²) >= 11 is 0. The second kappa shape index (κ2) is 6.85. The Morgan fingerprint density at radius 3 is 2.76 bits per heavy atom. The molecule has 3 heterocycles. The molecule has 0 saturated carbocycles. The summed E-state index contributed by atoms with van der Waals surface area (Å²) in [6, 6.07) is 0.358. The van der Waals surface area contributed by atoms with Crippen LogP contribution in [0.15, 0.2) is 0 Å². The van der Waals surface area contributed by atoms with Gasteiger partial charge in [0.2, 0.25) is 0 Å². The summed E-state index contributed by atoms with van der Waals surface area (Å²) < 4.78 is 13.1. The van der Waals surface area contributed by atoms with Crippen molar-refractivity contribution in [2.45, 2.75) is 57.4 Å². The van der Waals surface area contributed by atoms with Crippen molar-refractivity contribution in [2.24, 2.45) is 0 Å². The summed E-state index contributed by atoms with van der Waals surface area (Å²) in [5.74, 6) is 2.32. The predicted molar refractivity (Wildman–Crippen MR) is 78.9 cm³/mol. The van der Waals surface area contributed by atoms with Crippen LogP contribution >= 0.6 is 0 Å². The van der Waals surface area contributed by atoms with E-state index < -0.39 is 0 Å². The first kappa shape index (κ1) is 14.9. The average Bonchev–Trinajstić information content (AvgIpc) is 3.05. The fourth-order valence-electron chi connectivity index (χ4n) is 3.53. The second-order valence-electron chi connectivity index (χ2n) is 5.99. The van der Waals surface area contributed by atoms with E-state index in [1.54, 1.807) is 14.2 Å². The molecule has 2 aliphatic heterocycles. The van der Waals surface area contributed by atoms with Gasteiger partial charge in [-0.2, -0.15) is 0 Å². The third-order valence-electron chi connectivity index (χ3n) is 4.71. The second-order valence-corrected chi connectivity index (χ2v) is 5.99. The zero-order valence-electron chi connectivity index (χ0n) is 13.1. The first-order valence-electron chi connectivity index (χ1n) is 8.05. The number of nitrogens with zero attached hydrogens (tertiary/aromatic N) is 4. The molecule has 21 heavy (non-hydrogen) atoms. The van der Waals surface area contributed by atoms with Crippen LogP contribution in [-0.2, 0) is 22.4 Å². The lowest BCUT2D eigenvalue weighted by Gasteiger charge is -2.27. The van der Waals surface area contributed by atoms with Gasteiger partial charge in [0.25, 0.3) is 0 Å². The van der Waals surface area contributed by atoms with Crippen LogP contribution in [0.5, 0.6) is 0 Å². The van der Waals surface area contributed by atoms with Crippen LogP contribution in [0.3, 0.4) is 0 Å².